The number of benzene rings is 2. The first kappa shape index (κ1) is 19.1. The fraction of sp³-hybridized carbons (Fsp3) is 0.185. The molecular formula is C27H28N2+2. The molecule has 0 spiro atoms. The SMILES string of the molecule is Cc1ccc(-c2cccc[n+]2CC[n+]2ccccc2-c2ccccc2C)c(C)c1. The molecule has 0 bridgehead atoms. The summed E-state index contributed by atoms with van der Waals surface area (Å²) in [5.41, 5.74) is 9.04. The lowest BCUT2D eigenvalue weighted by Gasteiger charge is -2.08. The molecule has 0 atom stereocenters. The summed E-state index contributed by atoms with van der Waals surface area (Å²) in [6.45, 7) is 8.35. The predicted octanol–water partition coefficient (Wildman–Crippen LogP) is 5.22. The van der Waals surface area contributed by atoms with Crippen LogP contribution < -0.4 is 9.13 Å². The Bertz CT molecular complexity index is 1140. The van der Waals surface area contributed by atoms with E-state index in [-0.39, 0.29) is 0 Å². The van der Waals surface area contributed by atoms with E-state index in [0.29, 0.717) is 0 Å². The molecule has 2 heterocycles. The summed E-state index contributed by atoms with van der Waals surface area (Å²) < 4.78 is 4.72. The van der Waals surface area contributed by atoms with Gasteiger partial charge in [0.15, 0.2) is 12.4 Å². The van der Waals surface area contributed by atoms with Crippen LogP contribution in [-0.2, 0) is 13.1 Å². The molecule has 2 aromatic heterocycles. The van der Waals surface area contributed by atoms with E-state index in [1.54, 1.807) is 0 Å². The van der Waals surface area contributed by atoms with E-state index < -0.39 is 0 Å². The zero-order valence-corrected chi connectivity index (χ0v) is 17.5. The van der Waals surface area contributed by atoms with Crippen LogP contribution in [0.4, 0.5) is 0 Å². The van der Waals surface area contributed by atoms with Crippen LogP contribution in [-0.4, -0.2) is 0 Å². The summed E-state index contributed by atoms with van der Waals surface area (Å²) in [5.74, 6) is 0. The molecule has 4 rings (SSSR count). The van der Waals surface area contributed by atoms with Crippen LogP contribution in [0.15, 0.2) is 91.3 Å². The Morgan fingerprint density at radius 3 is 1.69 bits per heavy atom. The Hall–Kier alpha value is -3.26. The highest BCUT2D eigenvalue weighted by molar-refractivity contribution is 5.61. The Kier molecular flexibility index (Phi) is 5.53. The van der Waals surface area contributed by atoms with Crippen molar-refractivity contribution in [3.8, 4) is 22.5 Å². The van der Waals surface area contributed by atoms with Crippen molar-refractivity contribution >= 4 is 0 Å². The van der Waals surface area contributed by atoms with E-state index in [4.69, 9.17) is 0 Å². The molecule has 0 aliphatic carbocycles. The van der Waals surface area contributed by atoms with E-state index in [9.17, 15) is 0 Å². The molecule has 0 N–H and O–H groups in total. The Labute approximate surface area is 173 Å². The van der Waals surface area contributed by atoms with Gasteiger partial charge in [0.05, 0.1) is 0 Å². The van der Waals surface area contributed by atoms with Crippen molar-refractivity contribution in [2.24, 2.45) is 0 Å². The van der Waals surface area contributed by atoms with Crippen LogP contribution in [0.25, 0.3) is 22.5 Å². The standard InChI is InChI=1S/C27H28N2/c1-21-14-15-25(23(3)20-21)27-13-7-9-17-29(27)19-18-28-16-8-6-12-26(28)24-11-5-4-10-22(24)2/h4-17,20H,18-19H2,1-3H3/q+2. The van der Waals surface area contributed by atoms with Crippen LogP contribution in [0.1, 0.15) is 16.7 Å². The number of aryl methyl sites for hydroxylation is 5. The molecule has 2 nitrogen and oxygen atoms in total. The van der Waals surface area contributed by atoms with Crippen molar-refractivity contribution in [1.82, 2.24) is 0 Å². The summed E-state index contributed by atoms with van der Waals surface area (Å²) in [7, 11) is 0. The van der Waals surface area contributed by atoms with E-state index in [1.165, 1.54) is 39.2 Å². The van der Waals surface area contributed by atoms with Gasteiger partial charge in [-0.3, -0.25) is 0 Å². The molecular weight excluding hydrogens is 352 g/mol. The molecule has 0 saturated carbocycles. The third-order valence-corrected chi connectivity index (χ3v) is 5.54. The molecule has 0 saturated heterocycles. The van der Waals surface area contributed by atoms with Crippen LogP contribution >= 0.6 is 0 Å². The van der Waals surface area contributed by atoms with Crippen molar-refractivity contribution in [1.29, 1.82) is 0 Å². The molecule has 0 unspecified atom stereocenters. The Balaban J connectivity index is 1.66. The molecule has 4 aromatic rings. The third kappa shape index (κ3) is 4.12. The Morgan fingerprint density at radius 1 is 0.552 bits per heavy atom. The van der Waals surface area contributed by atoms with Gasteiger partial charge in [0.1, 0.15) is 0 Å². The van der Waals surface area contributed by atoms with E-state index in [1.807, 2.05) is 0 Å². The summed E-state index contributed by atoms with van der Waals surface area (Å²) >= 11 is 0. The number of rotatable bonds is 5. The van der Waals surface area contributed by atoms with Gasteiger partial charge in [0.2, 0.25) is 24.5 Å². The predicted molar refractivity (Wildman–Crippen MR) is 118 cm³/mol. The smallest absolute Gasteiger partial charge is 0.192 e. The van der Waals surface area contributed by atoms with Gasteiger partial charge in [-0.25, -0.2) is 0 Å². The van der Waals surface area contributed by atoms with Crippen LogP contribution in [0.3, 0.4) is 0 Å². The zero-order valence-electron chi connectivity index (χ0n) is 17.5. The first-order chi connectivity index (χ1) is 14.1. The average molecular weight is 381 g/mol. The van der Waals surface area contributed by atoms with Gasteiger partial charge in [-0.15, -0.1) is 0 Å². The number of hydrogen-bond acceptors (Lipinski definition) is 0. The molecule has 0 aliphatic heterocycles. The van der Waals surface area contributed by atoms with E-state index in [0.717, 1.165) is 13.1 Å². The minimum Gasteiger partial charge on any atom is -0.192 e. The van der Waals surface area contributed by atoms with Gasteiger partial charge in [-0.05, 0) is 56.2 Å². The van der Waals surface area contributed by atoms with Crippen molar-refractivity contribution < 1.29 is 9.13 Å². The second-order valence-corrected chi connectivity index (χ2v) is 7.69. The van der Waals surface area contributed by atoms with Crippen LogP contribution in [0.2, 0.25) is 0 Å². The molecule has 29 heavy (non-hydrogen) atoms. The van der Waals surface area contributed by atoms with Gasteiger partial charge >= 0.3 is 0 Å². The largest absolute Gasteiger partial charge is 0.212 e. The maximum Gasteiger partial charge on any atom is 0.212 e. The first-order valence-electron chi connectivity index (χ1n) is 10.2. The van der Waals surface area contributed by atoms with Crippen LogP contribution in [0, 0.1) is 20.8 Å². The Morgan fingerprint density at radius 2 is 1.10 bits per heavy atom. The number of nitrogens with zero attached hydrogens (tertiary/aromatic N) is 2. The highest BCUT2D eigenvalue weighted by Gasteiger charge is 2.19. The normalized spacial score (nSPS) is 10.9. The third-order valence-electron chi connectivity index (χ3n) is 5.54. The lowest BCUT2D eigenvalue weighted by molar-refractivity contribution is -0.768. The van der Waals surface area contributed by atoms with Crippen molar-refractivity contribution in [2.75, 3.05) is 0 Å². The summed E-state index contributed by atoms with van der Waals surface area (Å²) in [6.07, 6.45) is 4.37. The van der Waals surface area contributed by atoms with E-state index >= 15 is 0 Å². The van der Waals surface area contributed by atoms with Gasteiger partial charge < -0.3 is 0 Å². The fourth-order valence-electron chi connectivity index (χ4n) is 4.01. The topological polar surface area (TPSA) is 7.76 Å². The number of hydrogen-bond donors (Lipinski definition) is 0. The fourth-order valence-corrected chi connectivity index (χ4v) is 4.01. The van der Waals surface area contributed by atoms with Crippen molar-refractivity contribution in [3.05, 3.63) is 108 Å². The van der Waals surface area contributed by atoms with Gasteiger partial charge in [-0.2, -0.15) is 9.13 Å². The van der Waals surface area contributed by atoms with E-state index in [2.05, 4.69) is 121 Å². The second kappa shape index (κ2) is 8.40. The minimum atomic E-state index is 0.914. The lowest BCUT2D eigenvalue weighted by atomic mass is 10.0. The monoisotopic (exact) mass is 380 g/mol. The maximum absolute atomic E-state index is 2.36. The molecule has 0 aliphatic rings. The van der Waals surface area contributed by atoms with Gasteiger partial charge in [0.25, 0.3) is 0 Å². The minimum absolute atomic E-state index is 0.914. The first-order valence-corrected chi connectivity index (χ1v) is 10.2. The second-order valence-electron chi connectivity index (χ2n) is 7.69. The lowest BCUT2D eigenvalue weighted by Crippen LogP contribution is -2.46. The van der Waals surface area contributed by atoms with Crippen molar-refractivity contribution in [3.63, 3.8) is 0 Å². The maximum atomic E-state index is 2.36. The molecule has 2 heteroatoms. The molecule has 144 valence electrons. The molecule has 0 fully saturated rings. The molecule has 0 radical (unpaired) electrons. The highest BCUT2D eigenvalue weighted by atomic mass is 15.0. The van der Waals surface area contributed by atoms with Gasteiger partial charge in [-0.1, -0.05) is 35.9 Å². The van der Waals surface area contributed by atoms with Gasteiger partial charge in [0, 0.05) is 35.4 Å². The van der Waals surface area contributed by atoms with Crippen LogP contribution in [0.5, 0.6) is 0 Å². The molecule has 0 amide bonds. The zero-order chi connectivity index (χ0) is 20.2. The number of aromatic nitrogens is 2. The summed E-state index contributed by atoms with van der Waals surface area (Å²) in [5, 5.41) is 0. The summed E-state index contributed by atoms with van der Waals surface area (Å²) in [6, 6.07) is 28.2. The summed E-state index contributed by atoms with van der Waals surface area (Å²) in [4.78, 5) is 0. The molecule has 2 aromatic carbocycles. The number of pyridine rings is 2. The van der Waals surface area contributed by atoms with Crippen molar-refractivity contribution in [2.45, 2.75) is 33.9 Å². The highest BCUT2D eigenvalue weighted by Crippen LogP contribution is 2.22. The average Bonchev–Trinajstić information content (AvgIpc) is 2.73. The quantitative estimate of drug-likeness (QED) is 0.419.